The maximum atomic E-state index is 2.51. The van der Waals surface area contributed by atoms with E-state index in [2.05, 4.69) is 13.8 Å². The Kier molecular flexibility index (Phi) is 3.20. The first-order valence-corrected chi connectivity index (χ1v) is 5.74. The Labute approximate surface area is 77.7 Å². The molecule has 72 valence electrons. The highest BCUT2D eigenvalue weighted by Gasteiger charge is 2.47. The second-order valence-electron chi connectivity index (χ2n) is 4.60. The molecule has 2 rings (SSSR count). The highest BCUT2D eigenvalue weighted by atomic mass is 14.5. The van der Waals surface area contributed by atoms with Crippen molar-refractivity contribution in [1.29, 1.82) is 0 Å². The van der Waals surface area contributed by atoms with Crippen molar-refractivity contribution in [1.82, 2.24) is 0 Å². The maximum absolute atomic E-state index is 2.51. The van der Waals surface area contributed by atoms with E-state index in [9.17, 15) is 0 Å². The van der Waals surface area contributed by atoms with Gasteiger partial charge in [-0.2, -0.15) is 0 Å². The van der Waals surface area contributed by atoms with E-state index in [1.807, 2.05) is 13.8 Å². The molecule has 0 spiro atoms. The van der Waals surface area contributed by atoms with E-state index in [4.69, 9.17) is 0 Å². The van der Waals surface area contributed by atoms with Crippen LogP contribution in [0.25, 0.3) is 0 Å². The van der Waals surface area contributed by atoms with Gasteiger partial charge < -0.3 is 0 Å². The van der Waals surface area contributed by atoms with Crippen molar-refractivity contribution in [2.24, 2.45) is 17.3 Å². The monoisotopic (exact) mass is 168 g/mol. The van der Waals surface area contributed by atoms with Crippen molar-refractivity contribution < 1.29 is 0 Å². The minimum absolute atomic E-state index is 0.777. The van der Waals surface area contributed by atoms with Gasteiger partial charge in [0.05, 0.1) is 0 Å². The Morgan fingerprint density at radius 2 is 2.00 bits per heavy atom. The summed E-state index contributed by atoms with van der Waals surface area (Å²) in [5.74, 6) is 2.20. The van der Waals surface area contributed by atoms with Gasteiger partial charge in [0.1, 0.15) is 0 Å². The molecule has 2 bridgehead atoms. The summed E-state index contributed by atoms with van der Waals surface area (Å²) >= 11 is 0. The molecule has 0 aliphatic heterocycles. The normalized spacial score (nSPS) is 44.0. The zero-order valence-electron chi connectivity index (χ0n) is 9.19. The predicted molar refractivity (Wildman–Crippen MR) is 55.2 cm³/mol. The van der Waals surface area contributed by atoms with Crippen molar-refractivity contribution in [3.63, 3.8) is 0 Å². The van der Waals surface area contributed by atoms with Crippen LogP contribution in [0.3, 0.4) is 0 Å². The molecule has 2 aliphatic rings. The fourth-order valence-electron chi connectivity index (χ4n) is 3.32. The van der Waals surface area contributed by atoms with Crippen LogP contribution in [0.1, 0.15) is 59.8 Å². The third-order valence-corrected chi connectivity index (χ3v) is 3.97. The molecule has 2 saturated carbocycles. The molecule has 0 nitrogen and oxygen atoms in total. The molecule has 0 aromatic carbocycles. The lowest BCUT2D eigenvalue weighted by atomic mass is 9.75. The summed E-state index contributed by atoms with van der Waals surface area (Å²) in [5.41, 5.74) is 0.777. The fourth-order valence-corrected chi connectivity index (χ4v) is 3.32. The molecule has 0 radical (unpaired) electrons. The standard InChI is InChI=1S/C10H18.C2H6/c1-3-9-6-8-4-5-10(9,2)7-8;1-2/h8-9H,3-7H2,1-2H3;1-2H3. The third-order valence-electron chi connectivity index (χ3n) is 3.97. The van der Waals surface area contributed by atoms with E-state index in [1.165, 1.54) is 19.3 Å². The van der Waals surface area contributed by atoms with Gasteiger partial charge in [-0.3, -0.25) is 0 Å². The van der Waals surface area contributed by atoms with Crippen molar-refractivity contribution in [3.05, 3.63) is 0 Å². The van der Waals surface area contributed by atoms with Crippen LogP contribution >= 0.6 is 0 Å². The number of fused-ring (bicyclic) bond motifs is 2. The highest BCUT2D eigenvalue weighted by Crippen LogP contribution is 2.58. The van der Waals surface area contributed by atoms with E-state index in [0.29, 0.717) is 0 Å². The quantitative estimate of drug-likeness (QED) is 0.549. The van der Waals surface area contributed by atoms with Crippen LogP contribution in [0.2, 0.25) is 0 Å². The summed E-state index contributed by atoms with van der Waals surface area (Å²) in [6.45, 7) is 8.87. The number of rotatable bonds is 1. The SMILES string of the molecule is CC.CCC1CC2CCC1(C)C2. The molecule has 3 unspecified atom stereocenters. The first-order valence-electron chi connectivity index (χ1n) is 5.74. The van der Waals surface area contributed by atoms with Crippen LogP contribution in [0.5, 0.6) is 0 Å². The van der Waals surface area contributed by atoms with E-state index in [-0.39, 0.29) is 0 Å². The maximum Gasteiger partial charge on any atom is -0.0295 e. The van der Waals surface area contributed by atoms with Gasteiger partial charge in [0.2, 0.25) is 0 Å². The summed E-state index contributed by atoms with van der Waals surface area (Å²) in [7, 11) is 0. The predicted octanol–water partition coefficient (Wildman–Crippen LogP) is 4.25. The van der Waals surface area contributed by atoms with Gasteiger partial charge in [0, 0.05) is 0 Å². The second-order valence-corrected chi connectivity index (χ2v) is 4.60. The third kappa shape index (κ3) is 1.53. The van der Waals surface area contributed by atoms with Gasteiger partial charge in [0.15, 0.2) is 0 Å². The van der Waals surface area contributed by atoms with Gasteiger partial charge in [0.25, 0.3) is 0 Å². The lowest BCUT2D eigenvalue weighted by Gasteiger charge is -2.30. The highest BCUT2D eigenvalue weighted by molar-refractivity contribution is 4.97. The van der Waals surface area contributed by atoms with Crippen LogP contribution in [-0.4, -0.2) is 0 Å². The van der Waals surface area contributed by atoms with Gasteiger partial charge >= 0.3 is 0 Å². The largest absolute Gasteiger partial charge is 0.0683 e. The smallest absolute Gasteiger partial charge is 0.0295 e. The minimum Gasteiger partial charge on any atom is -0.0683 e. The molecule has 0 aromatic heterocycles. The van der Waals surface area contributed by atoms with Crippen LogP contribution in [-0.2, 0) is 0 Å². The average molecular weight is 168 g/mol. The van der Waals surface area contributed by atoms with Gasteiger partial charge in [-0.05, 0) is 42.9 Å². The first kappa shape index (κ1) is 10.1. The Morgan fingerprint density at radius 3 is 2.25 bits per heavy atom. The molecule has 0 aromatic rings. The lowest BCUT2D eigenvalue weighted by molar-refractivity contribution is 0.204. The van der Waals surface area contributed by atoms with Crippen molar-refractivity contribution in [2.75, 3.05) is 0 Å². The van der Waals surface area contributed by atoms with E-state index < -0.39 is 0 Å². The Bertz CT molecular complexity index is 139. The molecule has 0 N–H and O–H groups in total. The van der Waals surface area contributed by atoms with Gasteiger partial charge in [-0.25, -0.2) is 0 Å². The average Bonchev–Trinajstić information content (AvgIpc) is 2.62. The molecule has 3 atom stereocenters. The van der Waals surface area contributed by atoms with E-state index >= 15 is 0 Å². The molecule has 0 heterocycles. The Morgan fingerprint density at radius 1 is 1.33 bits per heavy atom. The van der Waals surface area contributed by atoms with Crippen LogP contribution < -0.4 is 0 Å². The van der Waals surface area contributed by atoms with Crippen molar-refractivity contribution in [2.45, 2.75) is 59.8 Å². The fraction of sp³-hybridized carbons (Fsp3) is 1.00. The van der Waals surface area contributed by atoms with Crippen LogP contribution in [0, 0.1) is 17.3 Å². The summed E-state index contributed by atoms with van der Waals surface area (Å²) in [4.78, 5) is 0. The molecule has 0 heteroatoms. The zero-order valence-corrected chi connectivity index (χ0v) is 9.19. The Balaban J connectivity index is 0.000000336. The summed E-state index contributed by atoms with van der Waals surface area (Å²) in [6, 6.07) is 0. The first-order chi connectivity index (χ1) is 5.74. The molecular formula is C12H24. The van der Waals surface area contributed by atoms with Gasteiger partial charge in [-0.1, -0.05) is 34.1 Å². The minimum atomic E-state index is 0.777. The molecule has 0 saturated heterocycles. The summed E-state index contributed by atoms with van der Waals surface area (Å²) < 4.78 is 0. The molecule has 2 aliphatic carbocycles. The zero-order chi connectivity index (χ0) is 9.19. The molecular weight excluding hydrogens is 144 g/mol. The lowest BCUT2D eigenvalue weighted by Crippen LogP contribution is -2.20. The van der Waals surface area contributed by atoms with E-state index in [0.717, 1.165) is 17.3 Å². The van der Waals surface area contributed by atoms with Crippen LogP contribution in [0.15, 0.2) is 0 Å². The Hall–Kier alpha value is 0. The number of hydrogen-bond acceptors (Lipinski definition) is 0. The topological polar surface area (TPSA) is 0 Å². The number of hydrogen-bond donors (Lipinski definition) is 0. The van der Waals surface area contributed by atoms with E-state index in [1.54, 1.807) is 12.8 Å². The molecule has 2 fully saturated rings. The van der Waals surface area contributed by atoms with Crippen molar-refractivity contribution in [3.8, 4) is 0 Å². The van der Waals surface area contributed by atoms with Gasteiger partial charge in [-0.15, -0.1) is 0 Å². The van der Waals surface area contributed by atoms with Crippen molar-refractivity contribution >= 4 is 0 Å². The second kappa shape index (κ2) is 3.81. The molecule has 12 heavy (non-hydrogen) atoms. The molecule has 0 amide bonds. The van der Waals surface area contributed by atoms with Crippen LogP contribution in [0.4, 0.5) is 0 Å². The summed E-state index contributed by atoms with van der Waals surface area (Å²) in [6.07, 6.45) is 7.58. The summed E-state index contributed by atoms with van der Waals surface area (Å²) in [5, 5.41) is 0.